The van der Waals surface area contributed by atoms with Crippen molar-refractivity contribution in [3.63, 3.8) is 0 Å². The van der Waals surface area contributed by atoms with Gasteiger partial charge in [-0.3, -0.25) is 4.90 Å². The minimum atomic E-state index is -1.01. The number of benzene rings is 2. The third kappa shape index (κ3) is 5.36. The molecule has 0 aromatic heterocycles. The van der Waals surface area contributed by atoms with Crippen LogP contribution in [0.5, 0.6) is 0 Å². The average Bonchev–Trinajstić information content (AvgIpc) is 2.72. The topological polar surface area (TPSA) is 78.9 Å². The van der Waals surface area contributed by atoms with Gasteiger partial charge in [0.2, 0.25) is 0 Å². The second-order valence-electron chi connectivity index (χ2n) is 6.72. The maximum atomic E-state index is 12.3. The average molecular weight is 380 g/mol. The molecule has 0 radical (unpaired) electrons. The smallest absolute Gasteiger partial charge is 0.407 e. The molecule has 0 saturated carbocycles. The molecule has 2 amide bonds. The Morgan fingerprint density at radius 1 is 0.964 bits per heavy atom. The number of carbonyl (C=O) groups excluding carboxylic acids is 1. The number of nitrogens with zero attached hydrogens (tertiary/aromatic N) is 1. The van der Waals surface area contributed by atoms with Crippen LogP contribution in [0.15, 0.2) is 72.8 Å². The summed E-state index contributed by atoms with van der Waals surface area (Å²) in [5.41, 5.74) is 1.80. The van der Waals surface area contributed by atoms with E-state index in [4.69, 9.17) is 4.74 Å². The molecule has 2 N–H and O–H groups in total. The highest BCUT2D eigenvalue weighted by Gasteiger charge is 2.32. The zero-order chi connectivity index (χ0) is 19.8. The molecule has 0 unspecified atom stereocenters. The second kappa shape index (κ2) is 9.60. The summed E-state index contributed by atoms with van der Waals surface area (Å²) >= 11 is 0. The van der Waals surface area contributed by atoms with Crippen molar-refractivity contribution in [2.24, 2.45) is 0 Å². The van der Waals surface area contributed by atoms with Crippen LogP contribution in [0.1, 0.15) is 24.0 Å². The molecule has 2 atom stereocenters. The van der Waals surface area contributed by atoms with Crippen molar-refractivity contribution >= 4 is 12.2 Å². The van der Waals surface area contributed by atoms with Gasteiger partial charge in [-0.2, -0.15) is 0 Å². The van der Waals surface area contributed by atoms with Gasteiger partial charge in [0.15, 0.2) is 0 Å². The first kappa shape index (κ1) is 19.5. The number of alkyl carbamates (subject to hydrolysis) is 1. The number of amides is 2. The highest BCUT2D eigenvalue weighted by atomic mass is 16.5. The Morgan fingerprint density at radius 3 is 2.21 bits per heavy atom. The maximum absolute atomic E-state index is 12.3. The van der Waals surface area contributed by atoms with Gasteiger partial charge < -0.3 is 15.2 Å². The highest BCUT2D eigenvalue weighted by molar-refractivity contribution is 5.69. The highest BCUT2D eigenvalue weighted by Crippen LogP contribution is 2.21. The summed E-state index contributed by atoms with van der Waals surface area (Å²) in [6.07, 6.45) is 3.47. The minimum absolute atomic E-state index is 0.173. The molecule has 2 aromatic rings. The zero-order valence-corrected chi connectivity index (χ0v) is 15.5. The van der Waals surface area contributed by atoms with E-state index in [2.05, 4.69) is 5.32 Å². The van der Waals surface area contributed by atoms with Gasteiger partial charge in [0.05, 0.1) is 12.1 Å². The molecule has 0 fully saturated rings. The van der Waals surface area contributed by atoms with Crippen molar-refractivity contribution in [2.45, 2.75) is 38.1 Å². The summed E-state index contributed by atoms with van der Waals surface area (Å²) in [5.74, 6) is 0. The summed E-state index contributed by atoms with van der Waals surface area (Å²) in [7, 11) is 0. The third-order valence-electron chi connectivity index (χ3n) is 4.76. The molecule has 6 heteroatoms. The van der Waals surface area contributed by atoms with E-state index in [1.54, 1.807) is 0 Å². The Labute approximate surface area is 164 Å². The van der Waals surface area contributed by atoms with Gasteiger partial charge in [0.1, 0.15) is 6.61 Å². The van der Waals surface area contributed by atoms with Gasteiger partial charge in [0.25, 0.3) is 0 Å². The van der Waals surface area contributed by atoms with Crippen LogP contribution < -0.4 is 5.32 Å². The second-order valence-corrected chi connectivity index (χ2v) is 6.72. The molecular formula is C22H24N2O4. The molecule has 1 aliphatic rings. The van der Waals surface area contributed by atoms with E-state index in [-0.39, 0.29) is 25.2 Å². The van der Waals surface area contributed by atoms with E-state index in [1.807, 2.05) is 72.8 Å². The normalized spacial score (nSPS) is 18.3. The Hall–Kier alpha value is -3.28. The molecule has 0 spiro atoms. The maximum Gasteiger partial charge on any atom is 0.407 e. The molecule has 0 heterocycles. The Balaban J connectivity index is 1.64. The molecule has 28 heavy (non-hydrogen) atoms. The van der Waals surface area contributed by atoms with Crippen molar-refractivity contribution in [3.05, 3.63) is 83.9 Å². The van der Waals surface area contributed by atoms with Crippen molar-refractivity contribution in [2.75, 3.05) is 0 Å². The first-order chi connectivity index (χ1) is 13.6. The van der Waals surface area contributed by atoms with E-state index in [9.17, 15) is 14.7 Å². The van der Waals surface area contributed by atoms with Crippen LogP contribution in [-0.4, -0.2) is 34.3 Å². The van der Waals surface area contributed by atoms with Crippen molar-refractivity contribution in [1.29, 1.82) is 0 Å². The lowest BCUT2D eigenvalue weighted by atomic mass is 9.94. The Bertz CT molecular complexity index is 808. The number of ether oxygens (including phenoxy) is 1. The monoisotopic (exact) mass is 380 g/mol. The summed E-state index contributed by atoms with van der Waals surface area (Å²) in [6, 6.07) is 18.2. The Morgan fingerprint density at radius 2 is 1.57 bits per heavy atom. The standard InChI is InChI=1S/C22H24N2O4/c25-21(28-16-18-11-5-2-6-12-18)23-19-13-7-8-14-20(19)24(22(26)27)15-17-9-3-1-4-10-17/h1-12,19-20H,13-16H2,(H,23,25)(H,26,27)/t19-,20-/m1/s1. The van der Waals surface area contributed by atoms with Gasteiger partial charge in [-0.15, -0.1) is 0 Å². The van der Waals surface area contributed by atoms with E-state index < -0.39 is 12.2 Å². The predicted molar refractivity (Wildman–Crippen MR) is 106 cm³/mol. The fraction of sp³-hybridized carbons (Fsp3) is 0.273. The van der Waals surface area contributed by atoms with E-state index in [1.165, 1.54) is 4.90 Å². The number of carbonyl (C=O) groups is 2. The summed E-state index contributed by atoms with van der Waals surface area (Å²) in [5, 5.41) is 12.6. The first-order valence-corrected chi connectivity index (χ1v) is 9.29. The van der Waals surface area contributed by atoms with Gasteiger partial charge in [-0.25, -0.2) is 9.59 Å². The molecular weight excluding hydrogens is 356 g/mol. The molecule has 6 nitrogen and oxygen atoms in total. The van der Waals surface area contributed by atoms with Gasteiger partial charge in [0, 0.05) is 6.54 Å². The molecule has 2 aromatic carbocycles. The molecule has 1 aliphatic carbocycles. The number of nitrogens with one attached hydrogen (secondary N) is 1. The van der Waals surface area contributed by atoms with Crippen LogP contribution in [0.25, 0.3) is 0 Å². The SMILES string of the molecule is O=C(N[C@@H]1CC=CC[C@H]1N(Cc1ccccc1)C(=O)O)OCc1ccccc1. The molecule has 146 valence electrons. The van der Waals surface area contributed by atoms with Gasteiger partial charge in [-0.05, 0) is 24.0 Å². The lowest BCUT2D eigenvalue weighted by Crippen LogP contribution is -2.53. The zero-order valence-electron chi connectivity index (χ0n) is 15.5. The number of rotatable bonds is 6. The summed E-state index contributed by atoms with van der Waals surface area (Å²) < 4.78 is 5.30. The minimum Gasteiger partial charge on any atom is -0.465 e. The largest absolute Gasteiger partial charge is 0.465 e. The van der Waals surface area contributed by atoms with E-state index in [0.717, 1.165) is 11.1 Å². The van der Waals surface area contributed by atoms with E-state index >= 15 is 0 Å². The van der Waals surface area contributed by atoms with Crippen molar-refractivity contribution < 1.29 is 19.4 Å². The summed E-state index contributed by atoms with van der Waals surface area (Å²) in [6.45, 7) is 0.443. The lowest BCUT2D eigenvalue weighted by Gasteiger charge is -2.36. The third-order valence-corrected chi connectivity index (χ3v) is 4.76. The van der Waals surface area contributed by atoms with Crippen LogP contribution >= 0.6 is 0 Å². The van der Waals surface area contributed by atoms with Crippen LogP contribution in [0.2, 0.25) is 0 Å². The first-order valence-electron chi connectivity index (χ1n) is 9.29. The van der Waals surface area contributed by atoms with Gasteiger partial charge >= 0.3 is 12.2 Å². The number of hydrogen-bond donors (Lipinski definition) is 2. The fourth-order valence-corrected chi connectivity index (χ4v) is 3.32. The fourth-order valence-electron chi connectivity index (χ4n) is 3.32. The van der Waals surface area contributed by atoms with Crippen molar-refractivity contribution in [3.8, 4) is 0 Å². The molecule has 0 saturated heterocycles. The van der Waals surface area contributed by atoms with Crippen LogP contribution in [0.4, 0.5) is 9.59 Å². The summed E-state index contributed by atoms with van der Waals surface area (Å²) in [4.78, 5) is 25.6. The predicted octanol–water partition coefficient (Wildman–Crippen LogP) is 4.18. The lowest BCUT2D eigenvalue weighted by molar-refractivity contribution is 0.0962. The van der Waals surface area contributed by atoms with Crippen molar-refractivity contribution in [1.82, 2.24) is 10.2 Å². The molecule has 3 rings (SSSR count). The number of carboxylic acid groups (broad SMARTS) is 1. The number of hydrogen-bond acceptors (Lipinski definition) is 3. The quantitative estimate of drug-likeness (QED) is 0.737. The van der Waals surface area contributed by atoms with Gasteiger partial charge in [-0.1, -0.05) is 72.8 Å². The van der Waals surface area contributed by atoms with Crippen LogP contribution in [-0.2, 0) is 17.9 Å². The van der Waals surface area contributed by atoms with Crippen LogP contribution in [0.3, 0.4) is 0 Å². The Kier molecular flexibility index (Phi) is 6.68. The molecule has 0 aliphatic heterocycles. The van der Waals surface area contributed by atoms with E-state index in [0.29, 0.717) is 12.8 Å². The molecule has 0 bridgehead atoms. The van der Waals surface area contributed by atoms with Crippen LogP contribution in [0, 0.1) is 0 Å².